The van der Waals surface area contributed by atoms with E-state index in [-0.39, 0.29) is 25.3 Å². The monoisotopic (exact) mass is 431 g/mol. The maximum Gasteiger partial charge on any atom is 0.304 e. The van der Waals surface area contributed by atoms with Gasteiger partial charge in [-0.2, -0.15) is 24.1 Å². The molecule has 1 fully saturated rings. The fourth-order valence-corrected chi connectivity index (χ4v) is 4.23. The Bertz CT molecular complexity index is 982. The van der Waals surface area contributed by atoms with Crippen molar-refractivity contribution in [3.63, 3.8) is 0 Å². The summed E-state index contributed by atoms with van der Waals surface area (Å²) >= 11 is 1.25. The van der Waals surface area contributed by atoms with E-state index in [0.717, 1.165) is 16.4 Å². The minimum atomic E-state index is -4.17. The number of carbonyl (C=O) groups is 2. The predicted molar refractivity (Wildman–Crippen MR) is 95.8 cm³/mol. The summed E-state index contributed by atoms with van der Waals surface area (Å²) < 4.78 is 59.7. The first-order chi connectivity index (χ1) is 13.3. The van der Waals surface area contributed by atoms with Gasteiger partial charge in [-0.05, 0) is 23.6 Å². The lowest BCUT2D eigenvalue weighted by molar-refractivity contribution is -0.0176. The van der Waals surface area contributed by atoms with Crippen LogP contribution in [0.2, 0.25) is 0 Å². The second-order valence-electron chi connectivity index (χ2n) is 5.76. The molecule has 1 atom stereocenters. The van der Waals surface area contributed by atoms with Gasteiger partial charge in [-0.15, -0.1) is 0 Å². The Morgan fingerprint density at radius 1 is 1.21 bits per heavy atom. The number of morpholine rings is 1. The number of nitrogens with zero attached hydrogens (tertiary/aromatic N) is 1. The fourth-order valence-electron chi connectivity index (χ4n) is 2.46. The normalized spacial score (nSPS) is 17.9. The van der Waals surface area contributed by atoms with Gasteiger partial charge in [0.1, 0.15) is 17.9 Å². The number of thiophene rings is 1. The van der Waals surface area contributed by atoms with Crippen molar-refractivity contribution < 1.29 is 31.5 Å². The van der Waals surface area contributed by atoms with Crippen molar-refractivity contribution in [1.29, 1.82) is 0 Å². The molecule has 2 heterocycles. The molecule has 0 spiro atoms. The van der Waals surface area contributed by atoms with Crippen LogP contribution in [-0.4, -0.2) is 50.5 Å². The summed E-state index contributed by atoms with van der Waals surface area (Å²) in [4.78, 5) is 24.1. The predicted octanol–water partition coefficient (Wildman–Crippen LogP) is 1.09. The molecule has 2 amide bonds. The molecule has 0 bridgehead atoms. The van der Waals surface area contributed by atoms with E-state index in [0.29, 0.717) is 6.07 Å². The third-order valence-corrected chi connectivity index (χ3v) is 5.98. The first-order valence-electron chi connectivity index (χ1n) is 7.98. The van der Waals surface area contributed by atoms with Crippen molar-refractivity contribution >= 4 is 33.4 Å². The molecule has 12 heteroatoms. The average Bonchev–Trinajstić information content (AvgIpc) is 3.16. The zero-order valence-corrected chi connectivity index (χ0v) is 15.9. The van der Waals surface area contributed by atoms with Crippen molar-refractivity contribution in [3.8, 4) is 0 Å². The summed E-state index contributed by atoms with van der Waals surface area (Å²) in [6.07, 6.45) is -1.07. The molecule has 3 rings (SSSR count). The molecule has 2 aromatic rings. The molecule has 2 N–H and O–H groups in total. The SMILES string of the molecule is O=C(NS(=O)(=O)N1CCOC(NC(=O)c2ccc(F)cc2F)C1)c1ccsc1. The average molecular weight is 431 g/mol. The Labute approximate surface area is 163 Å². The lowest BCUT2D eigenvalue weighted by atomic mass is 10.2. The van der Waals surface area contributed by atoms with E-state index in [4.69, 9.17) is 4.74 Å². The smallest absolute Gasteiger partial charge is 0.304 e. The summed E-state index contributed by atoms with van der Waals surface area (Å²) in [6, 6.07) is 3.94. The topological polar surface area (TPSA) is 105 Å². The van der Waals surface area contributed by atoms with Crippen molar-refractivity contribution in [2.45, 2.75) is 6.23 Å². The van der Waals surface area contributed by atoms with Gasteiger partial charge in [-0.25, -0.2) is 13.5 Å². The van der Waals surface area contributed by atoms with Gasteiger partial charge < -0.3 is 10.1 Å². The van der Waals surface area contributed by atoms with Crippen LogP contribution in [0.5, 0.6) is 0 Å². The second kappa shape index (κ2) is 8.31. The molecule has 0 saturated carbocycles. The maximum atomic E-state index is 13.7. The minimum absolute atomic E-state index is 0.0382. The number of benzene rings is 1. The maximum absolute atomic E-state index is 13.7. The van der Waals surface area contributed by atoms with Crippen molar-refractivity contribution in [3.05, 3.63) is 57.8 Å². The standard InChI is InChI=1S/C16H15F2N3O5S2/c17-11-1-2-12(13(18)7-11)16(23)19-14-8-21(4-5-26-14)28(24,25)20-15(22)10-3-6-27-9-10/h1-3,6-7,9,14H,4-5,8H2,(H,19,23)(H,20,22). The van der Waals surface area contributed by atoms with Gasteiger partial charge in [0.05, 0.1) is 24.3 Å². The molecule has 1 aliphatic rings. The Balaban J connectivity index is 1.64. The van der Waals surface area contributed by atoms with E-state index in [9.17, 15) is 26.8 Å². The van der Waals surface area contributed by atoms with Gasteiger partial charge in [-0.1, -0.05) is 0 Å². The lowest BCUT2D eigenvalue weighted by Gasteiger charge is -2.32. The number of carbonyl (C=O) groups excluding carboxylic acids is 2. The van der Waals surface area contributed by atoms with Crippen LogP contribution in [0.3, 0.4) is 0 Å². The fraction of sp³-hybridized carbons (Fsp3) is 0.250. The van der Waals surface area contributed by atoms with E-state index < -0.39 is 45.4 Å². The van der Waals surface area contributed by atoms with Crippen molar-refractivity contribution in [1.82, 2.24) is 14.3 Å². The number of hydrogen-bond acceptors (Lipinski definition) is 6. The van der Waals surface area contributed by atoms with Gasteiger partial charge in [0.2, 0.25) is 0 Å². The summed E-state index contributed by atoms with van der Waals surface area (Å²) in [5, 5.41) is 5.48. The number of rotatable bonds is 5. The van der Waals surface area contributed by atoms with E-state index in [1.54, 1.807) is 5.38 Å². The largest absolute Gasteiger partial charge is 0.356 e. The molecule has 28 heavy (non-hydrogen) atoms. The first-order valence-corrected chi connectivity index (χ1v) is 10.4. The Hall–Kier alpha value is -2.41. The molecule has 0 aliphatic carbocycles. The lowest BCUT2D eigenvalue weighted by Crippen LogP contribution is -2.55. The van der Waals surface area contributed by atoms with Gasteiger partial charge >= 0.3 is 10.2 Å². The van der Waals surface area contributed by atoms with Crippen LogP contribution in [0.4, 0.5) is 8.78 Å². The van der Waals surface area contributed by atoms with Crippen LogP contribution in [-0.2, 0) is 14.9 Å². The molecule has 0 radical (unpaired) electrons. The van der Waals surface area contributed by atoms with Crippen molar-refractivity contribution in [2.24, 2.45) is 0 Å². The molecule has 1 saturated heterocycles. The van der Waals surface area contributed by atoms with Crippen LogP contribution in [0, 0.1) is 11.6 Å². The molecule has 1 unspecified atom stereocenters. The van der Waals surface area contributed by atoms with E-state index >= 15 is 0 Å². The molecule has 1 aromatic carbocycles. The molecule has 1 aliphatic heterocycles. The van der Waals surface area contributed by atoms with Gasteiger partial charge in [-0.3, -0.25) is 9.59 Å². The summed E-state index contributed by atoms with van der Waals surface area (Å²) in [7, 11) is -4.17. The highest BCUT2D eigenvalue weighted by Gasteiger charge is 2.32. The highest BCUT2D eigenvalue weighted by atomic mass is 32.2. The molecule has 150 valence electrons. The van der Waals surface area contributed by atoms with Crippen molar-refractivity contribution in [2.75, 3.05) is 19.7 Å². The second-order valence-corrected chi connectivity index (χ2v) is 8.21. The highest BCUT2D eigenvalue weighted by Crippen LogP contribution is 2.13. The third kappa shape index (κ3) is 4.70. The molecule has 8 nitrogen and oxygen atoms in total. The number of hydrogen-bond donors (Lipinski definition) is 2. The Morgan fingerprint density at radius 3 is 2.68 bits per heavy atom. The zero-order chi connectivity index (χ0) is 20.3. The third-order valence-electron chi connectivity index (χ3n) is 3.84. The van der Waals surface area contributed by atoms with Gasteiger partial charge in [0.15, 0.2) is 0 Å². The Kier molecular flexibility index (Phi) is 6.03. The summed E-state index contributed by atoms with van der Waals surface area (Å²) in [5.74, 6) is -3.55. The summed E-state index contributed by atoms with van der Waals surface area (Å²) in [6.45, 7) is -0.380. The van der Waals surface area contributed by atoms with Crippen LogP contribution in [0.15, 0.2) is 35.0 Å². The molecule has 1 aromatic heterocycles. The van der Waals surface area contributed by atoms with E-state index in [1.807, 2.05) is 4.72 Å². The highest BCUT2D eigenvalue weighted by molar-refractivity contribution is 7.87. The first kappa shape index (κ1) is 20.3. The van der Waals surface area contributed by atoms with Crippen LogP contribution in [0.1, 0.15) is 20.7 Å². The van der Waals surface area contributed by atoms with Crippen LogP contribution >= 0.6 is 11.3 Å². The Morgan fingerprint density at radius 2 is 2.00 bits per heavy atom. The van der Waals surface area contributed by atoms with Crippen LogP contribution < -0.4 is 10.0 Å². The van der Waals surface area contributed by atoms with E-state index in [2.05, 4.69) is 5.32 Å². The van der Waals surface area contributed by atoms with E-state index in [1.165, 1.54) is 22.8 Å². The number of ether oxygens (including phenoxy) is 1. The summed E-state index contributed by atoms with van der Waals surface area (Å²) in [5.41, 5.74) is -0.200. The molecular formula is C16H15F2N3O5S2. The number of amides is 2. The van der Waals surface area contributed by atoms with Gasteiger partial charge in [0.25, 0.3) is 11.8 Å². The number of nitrogens with one attached hydrogen (secondary N) is 2. The number of halogens is 2. The molecular weight excluding hydrogens is 416 g/mol. The quantitative estimate of drug-likeness (QED) is 0.738. The zero-order valence-electron chi connectivity index (χ0n) is 14.2. The minimum Gasteiger partial charge on any atom is -0.356 e. The van der Waals surface area contributed by atoms with Crippen LogP contribution in [0.25, 0.3) is 0 Å². The van der Waals surface area contributed by atoms with Gasteiger partial charge in [0, 0.05) is 18.0 Å².